The van der Waals surface area contributed by atoms with Gasteiger partial charge in [-0.15, -0.1) is 11.3 Å². The number of methoxy groups -OCH3 is 1. The van der Waals surface area contributed by atoms with Crippen molar-refractivity contribution in [3.05, 3.63) is 39.8 Å². The van der Waals surface area contributed by atoms with Crippen LogP contribution in [0.25, 0.3) is 0 Å². The summed E-state index contributed by atoms with van der Waals surface area (Å²) >= 11 is 1.59. The number of likely N-dealkylation sites (tertiary alicyclic amines) is 1. The minimum Gasteiger partial charge on any atom is -0.493 e. The molecule has 1 unspecified atom stereocenters. The maximum Gasteiger partial charge on any atom is 0.254 e. The standard InChI is InChI=1S/C19H25N3O3S/c1-13-21-15(12-26-13)11-25-17-7-6-14(9-18(17)24-2)19(23)22-8-4-3-5-16(22)10-20/h6-7,9,12,16H,3-5,8,10-11,20H2,1-2H3. The molecule has 26 heavy (non-hydrogen) atoms. The van der Waals surface area contributed by atoms with Gasteiger partial charge in [-0.25, -0.2) is 4.98 Å². The number of thiazole rings is 1. The molecule has 1 aliphatic rings. The number of piperidine rings is 1. The van der Waals surface area contributed by atoms with Crippen molar-refractivity contribution >= 4 is 17.2 Å². The number of amides is 1. The molecule has 7 heteroatoms. The average molecular weight is 375 g/mol. The molecule has 6 nitrogen and oxygen atoms in total. The number of nitrogens with zero attached hydrogens (tertiary/aromatic N) is 2. The van der Waals surface area contributed by atoms with E-state index < -0.39 is 0 Å². The molecule has 140 valence electrons. The smallest absolute Gasteiger partial charge is 0.254 e. The minimum atomic E-state index is 0.000117. The number of nitrogens with two attached hydrogens (primary N) is 1. The molecule has 0 aliphatic carbocycles. The molecule has 1 amide bonds. The fourth-order valence-corrected chi connectivity index (χ4v) is 3.82. The van der Waals surface area contributed by atoms with Gasteiger partial charge < -0.3 is 20.1 Å². The number of hydrogen-bond acceptors (Lipinski definition) is 6. The number of aromatic nitrogens is 1. The Morgan fingerprint density at radius 3 is 2.92 bits per heavy atom. The Morgan fingerprint density at radius 1 is 1.38 bits per heavy atom. The van der Waals surface area contributed by atoms with Crippen LogP contribution in [0.4, 0.5) is 0 Å². The number of aryl methyl sites for hydroxylation is 1. The van der Waals surface area contributed by atoms with Crippen molar-refractivity contribution in [2.75, 3.05) is 20.2 Å². The second-order valence-corrected chi connectivity index (χ2v) is 7.46. The molecule has 1 aliphatic heterocycles. The van der Waals surface area contributed by atoms with Crippen molar-refractivity contribution in [2.45, 2.75) is 38.8 Å². The summed E-state index contributed by atoms with van der Waals surface area (Å²) < 4.78 is 11.3. The molecule has 1 fully saturated rings. The topological polar surface area (TPSA) is 77.7 Å². The first-order valence-corrected chi connectivity index (χ1v) is 9.73. The van der Waals surface area contributed by atoms with Gasteiger partial charge in [-0.05, 0) is 44.4 Å². The van der Waals surface area contributed by atoms with E-state index in [9.17, 15) is 4.79 Å². The molecule has 2 heterocycles. The average Bonchev–Trinajstić information content (AvgIpc) is 3.10. The second-order valence-electron chi connectivity index (χ2n) is 6.40. The first kappa shape index (κ1) is 18.7. The molecule has 0 radical (unpaired) electrons. The van der Waals surface area contributed by atoms with Gasteiger partial charge in [0.1, 0.15) is 6.61 Å². The number of hydrogen-bond donors (Lipinski definition) is 1. The highest BCUT2D eigenvalue weighted by Crippen LogP contribution is 2.30. The molecule has 3 rings (SSSR count). The Labute approximate surface area is 157 Å². The van der Waals surface area contributed by atoms with Gasteiger partial charge in [0.05, 0.1) is 17.8 Å². The monoisotopic (exact) mass is 375 g/mol. The van der Waals surface area contributed by atoms with Gasteiger partial charge in [-0.3, -0.25) is 4.79 Å². The second kappa shape index (κ2) is 8.51. The number of benzene rings is 1. The summed E-state index contributed by atoms with van der Waals surface area (Å²) in [6.45, 7) is 3.58. The molecule has 1 saturated heterocycles. The van der Waals surface area contributed by atoms with E-state index in [4.69, 9.17) is 15.2 Å². The third kappa shape index (κ3) is 4.16. The normalized spacial score (nSPS) is 17.2. The van der Waals surface area contributed by atoms with E-state index in [1.54, 1.807) is 36.6 Å². The quantitative estimate of drug-likeness (QED) is 0.840. The van der Waals surface area contributed by atoms with Gasteiger partial charge >= 0.3 is 0 Å². The maximum atomic E-state index is 12.9. The maximum absolute atomic E-state index is 12.9. The van der Waals surface area contributed by atoms with Gasteiger partial charge in [-0.2, -0.15) is 0 Å². The van der Waals surface area contributed by atoms with Crippen molar-refractivity contribution in [1.82, 2.24) is 9.88 Å². The fraction of sp³-hybridized carbons (Fsp3) is 0.474. The predicted octanol–water partition coefficient (Wildman–Crippen LogP) is 2.99. The number of ether oxygens (including phenoxy) is 2. The Morgan fingerprint density at radius 2 is 2.23 bits per heavy atom. The molecule has 1 aromatic carbocycles. The van der Waals surface area contributed by atoms with Gasteiger partial charge in [0.15, 0.2) is 11.5 Å². The van der Waals surface area contributed by atoms with Crippen molar-refractivity contribution in [3.8, 4) is 11.5 Å². The van der Waals surface area contributed by atoms with Crippen molar-refractivity contribution in [3.63, 3.8) is 0 Å². The van der Waals surface area contributed by atoms with E-state index in [0.29, 0.717) is 30.2 Å². The van der Waals surface area contributed by atoms with E-state index in [0.717, 1.165) is 36.5 Å². The highest BCUT2D eigenvalue weighted by atomic mass is 32.1. The van der Waals surface area contributed by atoms with Crippen LogP contribution in [-0.4, -0.2) is 42.0 Å². The Kier molecular flexibility index (Phi) is 6.11. The van der Waals surface area contributed by atoms with Crippen LogP contribution in [0.3, 0.4) is 0 Å². The van der Waals surface area contributed by atoms with Crippen LogP contribution >= 0.6 is 11.3 Å². The largest absolute Gasteiger partial charge is 0.493 e. The summed E-state index contributed by atoms with van der Waals surface area (Å²) in [5.74, 6) is 1.15. The summed E-state index contributed by atoms with van der Waals surface area (Å²) in [6, 6.07) is 5.43. The molecule has 2 N–H and O–H groups in total. The van der Waals surface area contributed by atoms with Gasteiger partial charge in [0.2, 0.25) is 0 Å². The highest BCUT2D eigenvalue weighted by Gasteiger charge is 2.27. The molecular formula is C19H25N3O3S. The molecule has 0 bridgehead atoms. The van der Waals surface area contributed by atoms with E-state index in [1.807, 2.05) is 17.2 Å². The lowest BCUT2D eigenvalue weighted by Gasteiger charge is -2.35. The van der Waals surface area contributed by atoms with Gasteiger partial charge in [0, 0.05) is 30.1 Å². The van der Waals surface area contributed by atoms with E-state index >= 15 is 0 Å². The molecule has 1 atom stereocenters. The van der Waals surface area contributed by atoms with Gasteiger partial charge in [0.25, 0.3) is 5.91 Å². The first-order chi connectivity index (χ1) is 12.6. The van der Waals surface area contributed by atoms with Crippen molar-refractivity contribution in [1.29, 1.82) is 0 Å². The minimum absolute atomic E-state index is 0.000117. The third-order valence-corrected chi connectivity index (χ3v) is 5.44. The van der Waals surface area contributed by atoms with Crippen LogP contribution in [0.15, 0.2) is 23.6 Å². The highest BCUT2D eigenvalue weighted by molar-refractivity contribution is 7.09. The van der Waals surface area contributed by atoms with Crippen LogP contribution < -0.4 is 15.2 Å². The molecule has 1 aromatic heterocycles. The van der Waals surface area contributed by atoms with E-state index in [1.165, 1.54) is 0 Å². The third-order valence-electron chi connectivity index (χ3n) is 4.61. The Bertz CT molecular complexity index is 762. The molecule has 0 spiro atoms. The van der Waals surface area contributed by atoms with Crippen LogP contribution in [0.2, 0.25) is 0 Å². The van der Waals surface area contributed by atoms with Crippen LogP contribution in [0, 0.1) is 6.92 Å². The molecule has 0 saturated carbocycles. The van der Waals surface area contributed by atoms with E-state index in [2.05, 4.69) is 4.98 Å². The van der Waals surface area contributed by atoms with Crippen LogP contribution in [0.5, 0.6) is 11.5 Å². The summed E-state index contributed by atoms with van der Waals surface area (Å²) in [7, 11) is 1.58. The number of carbonyl (C=O) groups is 1. The molecule has 2 aromatic rings. The zero-order valence-electron chi connectivity index (χ0n) is 15.2. The number of rotatable bonds is 6. The fourth-order valence-electron chi connectivity index (χ4n) is 3.22. The SMILES string of the molecule is COc1cc(C(=O)N2CCCCC2CN)ccc1OCc1csc(C)n1. The van der Waals surface area contributed by atoms with Crippen LogP contribution in [0.1, 0.15) is 40.3 Å². The van der Waals surface area contributed by atoms with Crippen LogP contribution in [-0.2, 0) is 6.61 Å². The summed E-state index contributed by atoms with van der Waals surface area (Å²) in [6.07, 6.45) is 3.11. The Hall–Kier alpha value is -2.12. The summed E-state index contributed by atoms with van der Waals surface area (Å²) in [4.78, 5) is 19.2. The molecular weight excluding hydrogens is 350 g/mol. The van der Waals surface area contributed by atoms with Gasteiger partial charge in [-0.1, -0.05) is 0 Å². The number of carbonyl (C=O) groups excluding carboxylic acids is 1. The first-order valence-electron chi connectivity index (χ1n) is 8.85. The lowest BCUT2D eigenvalue weighted by molar-refractivity contribution is 0.0623. The Balaban J connectivity index is 1.74. The lowest BCUT2D eigenvalue weighted by atomic mass is 10.0. The van der Waals surface area contributed by atoms with E-state index in [-0.39, 0.29) is 11.9 Å². The van der Waals surface area contributed by atoms with Crippen molar-refractivity contribution in [2.24, 2.45) is 5.73 Å². The zero-order valence-corrected chi connectivity index (χ0v) is 16.1. The lowest BCUT2D eigenvalue weighted by Crippen LogP contribution is -2.47. The summed E-state index contributed by atoms with van der Waals surface area (Å²) in [5.41, 5.74) is 7.32. The summed E-state index contributed by atoms with van der Waals surface area (Å²) in [5, 5.41) is 2.98. The zero-order chi connectivity index (χ0) is 18.5. The predicted molar refractivity (Wildman–Crippen MR) is 102 cm³/mol. The van der Waals surface area contributed by atoms with Crippen molar-refractivity contribution < 1.29 is 14.3 Å².